The number of aliphatic hydroxyl groups excluding tert-OH is 1. The van der Waals surface area contributed by atoms with Crippen LogP contribution in [0, 0.1) is 25.7 Å². The average molecular weight is 681 g/mol. The highest BCUT2D eigenvalue weighted by molar-refractivity contribution is 6.19. The largest absolute Gasteiger partial charge is 0.494 e. The molecule has 2 aliphatic rings. The summed E-state index contributed by atoms with van der Waals surface area (Å²) >= 11 is 6.21. The molecular formula is C32H44ClF3N8O3. The topological polar surface area (TPSA) is 147 Å². The molecule has 3 rings (SSSR count). The van der Waals surface area contributed by atoms with E-state index in [0.29, 0.717) is 29.8 Å². The number of hydrogen-bond donors (Lipinski definition) is 5. The lowest BCUT2D eigenvalue weighted by atomic mass is 10.1. The fourth-order valence-corrected chi connectivity index (χ4v) is 5.19. The summed E-state index contributed by atoms with van der Waals surface area (Å²) in [6, 6.07) is -0.0865. The van der Waals surface area contributed by atoms with Crippen molar-refractivity contribution in [1.29, 1.82) is 0 Å². The number of aromatic nitrogens is 2. The Labute approximate surface area is 279 Å². The summed E-state index contributed by atoms with van der Waals surface area (Å²) in [5.74, 6) is 3.61. The van der Waals surface area contributed by atoms with Crippen molar-refractivity contribution < 1.29 is 27.8 Å². The Balaban J connectivity index is 0.00000376. The monoisotopic (exact) mass is 680 g/mol. The molecule has 0 radical (unpaired) electrons. The molecule has 1 saturated heterocycles. The van der Waals surface area contributed by atoms with E-state index < -0.39 is 24.2 Å². The fourth-order valence-electron chi connectivity index (χ4n) is 4.98. The van der Waals surface area contributed by atoms with E-state index in [2.05, 4.69) is 28.6 Å². The third kappa shape index (κ3) is 10.3. The molecule has 1 fully saturated rings. The molecule has 0 spiro atoms. The number of alkyl halides is 4. The number of nitrogens with one attached hydrogen (secondary N) is 2. The van der Waals surface area contributed by atoms with Crippen molar-refractivity contribution in [3.63, 3.8) is 0 Å². The highest BCUT2D eigenvalue weighted by atomic mass is 35.5. The zero-order valence-corrected chi connectivity index (χ0v) is 27.9. The molecule has 15 heteroatoms. The van der Waals surface area contributed by atoms with Gasteiger partial charge in [0.05, 0.1) is 30.8 Å². The second kappa shape index (κ2) is 17.9. The van der Waals surface area contributed by atoms with E-state index in [1.165, 1.54) is 30.3 Å². The minimum absolute atomic E-state index is 0.0746. The lowest BCUT2D eigenvalue weighted by Crippen LogP contribution is -2.33. The Kier molecular flexibility index (Phi) is 15.0. The molecule has 47 heavy (non-hydrogen) atoms. The van der Waals surface area contributed by atoms with Gasteiger partial charge in [0.1, 0.15) is 12.0 Å². The number of nitrogens with two attached hydrogens (primary N) is 2. The number of allylic oxidation sites excluding steroid dienone is 4. The third-order valence-corrected chi connectivity index (χ3v) is 8.04. The average Bonchev–Trinajstić information content (AvgIpc) is 3.47. The first-order valence-corrected chi connectivity index (χ1v) is 15.1. The van der Waals surface area contributed by atoms with Gasteiger partial charge in [0.2, 0.25) is 0 Å². The van der Waals surface area contributed by atoms with Crippen molar-refractivity contribution in [3.8, 4) is 12.8 Å². The van der Waals surface area contributed by atoms with Gasteiger partial charge in [-0.25, -0.2) is 5.84 Å². The van der Waals surface area contributed by atoms with Crippen LogP contribution < -0.4 is 22.2 Å². The van der Waals surface area contributed by atoms with E-state index in [1.54, 1.807) is 43.0 Å². The molecule has 0 aromatic carbocycles. The predicted octanol–water partition coefficient (Wildman–Crippen LogP) is 2.78. The van der Waals surface area contributed by atoms with Crippen LogP contribution in [0.3, 0.4) is 0 Å². The summed E-state index contributed by atoms with van der Waals surface area (Å²) in [5.41, 5.74) is 9.00. The fraction of sp³-hybridized carbons (Fsp3) is 0.438. The van der Waals surface area contributed by atoms with Crippen LogP contribution in [0.5, 0.6) is 0 Å². The van der Waals surface area contributed by atoms with Crippen LogP contribution in [0.15, 0.2) is 71.1 Å². The maximum absolute atomic E-state index is 13.9. The Morgan fingerprint density at radius 1 is 1.34 bits per heavy atom. The normalized spacial score (nSPS) is 21.2. The molecule has 258 valence electrons. The summed E-state index contributed by atoms with van der Waals surface area (Å²) < 4.78 is 49.0. The zero-order valence-electron chi connectivity index (χ0n) is 27.2. The highest BCUT2D eigenvalue weighted by Crippen LogP contribution is 2.33. The highest BCUT2D eigenvalue weighted by Gasteiger charge is 2.38. The van der Waals surface area contributed by atoms with E-state index in [9.17, 15) is 23.1 Å². The number of carbonyl (C=O) groups excluding carboxylic acids is 1. The van der Waals surface area contributed by atoms with Gasteiger partial charge in [0.25, 0.3) is 5.91 Å². The van der Waals surface area contributed by atoms with Crippen molar-refractivity contribution in [2.24, 2.45) is 24.5 Å². The molecule has 1 aromatic rings. The Bertz CT molecular complexity index is 1450. The number of likely N-dealkylation sites (tertiary alicyclic amines) is 1. The van der Waals surface area contributed by atoms with Gasteiger partial charge in [-0.2, -0.15) is 18.3 Å². The van der Waals surface area contributed by atoms with Crippen LogP contribution in [0.4, 0.5) is 13.2 Å². The molecule has 1 aliphatic carbocycles. The third-order valence-electron chi connectivity index (χ3n) is 7.77. The van der Waals surface area contributed by atoms with Crippen molar-refractivity contribution in [2.45, 2.75) is 38.7 Å². The molecule has 1 amide bonds. The first-order valence-electron chi connectivity index (χ1n) is 14.6. The first kappa shape index (κ1) is 39.3. The number of ether oxygens (including phenoxy) is 1. The molecular weight excluding hydrogens is 637 g/mol. The number of halogens is 4. The van der Waals surface area contributed by atoms with Gasteiger partial charge in [-0.05, 0) is 38.6 Å². The maximum Gasteiger partial charge on any atom is 0.398 e. The molecule has 11 nitrogen and oxygen atoms in total. The van der Waals surface area contributed by atoms with E-state index in [0.717, 1.165) is 23.4 Å². The van der Waals surface area contributed by atoms with Crippen molar-refractivity contribution >= 4 is 23.1 Å². The van der Waals surface area contributed by atoms with Gasteiger partial charge in [-0.1, -0.05) is 18.2 Å². The van der Waals surface area contributed by atoms with Gasteiger partial charge in [-0.3, -0.25) is 19.4 Å². The SMILES string of the molecule is C#C.C/C=C(\C=C(/CCl)N(N)/C=C(\CN)c1cnn(C)c1C)C(=O)NC1=CC(C(F)(F)F)C=CC(CNC2CC(O)N(C)C2)=C1OC. The van der Waals surface area contributed by atoms with Crippen LogP contribution in [0.25, 0.3) is 5.57 Å². The lowest BCUT2D eigenvalue weighted by molar-refractivity contribution is -0.149. The Hall–Kier alpha value is -3.84. The number of hydrazine groups is 1. The number of methoxy groups -OCH3 is 1. The molecule has 0 bridgehead atoms. The Morgan fingerprint density at radius 3 is 2.51 bits per heavy atom. The van der Waals surface area contributed by atoms with Crippen LogP contribution in [0.2, 0.25) is 0 Å². The Morgan fingerprint density at radius 2 is 2.02 bits per heavy atom. The minimum Gasteiger partial charge on any atom is -0.494 e. The van der Waals surface area contributed by atoms with Gasteiger partial charge in [0, 0.05) is 73.4 Å². The molecule has 3 unspecified atom stereocenters. The van der Waals surface area contributed by atoms with Gasteiger partial charge in [-0.15, -0.1) is 24.4 Å². The second-order valence-electron chi connectivity index (χ2n) is 10.8. The first-order chi connectivity index (χ1) is 22.2. The summed E-state index contributed by atoms with van der Waals surface area (Å²) in [6.07, 6.45) is 12.7. The van der Waals surface area contributed by atoms with E-state index in [4.69, 9.17) is 27.9 Å². The number of carbonyl (C=O) groups is 1. The number of terminal acetylenes is 1. The number of amides is 1. The number of nitrogens with zero attached hydrogens (tertiary/aromatic N) is 4. The minimum atomic E-state index is -4.61. The molecule has 2 heterocycles. The quantitative estimate of drug-likeness (QED) is 0.0562. The van der Waals surface area contributed by atoms with E-state index >= 15 is 0 Å². The number of rotatable bonds is 12. The number of aryl methyl sites for hydroxylation is 1. The van der Waals surface area contributed by atoms with Crippen LogP contribution >= 0.6 is 11.6 Å². The zero-order chi connectivity index (χ0) is 35.5. The molecule has 0 saturated carbocycles. The standard InChI is InChI=1S/C30H42ClF3N8O3.C2H2/c1-6-19(9-24(12-31)42(36)16-21(13-35)25-15-38-41(4)18(25)2)29(44)39-26-10-22(30(32,33)34)8-7-20(28(26)45-5)14-37-23-11-27(43)40(3)17-23;1-2/h6-10,15-16,22-23,27,37,43H,11-14,17,35-36H2,1-5H3,(H,39,44);1-2H/b19-6+,21-16+,24-9+;. The number of hydrogen-bond acceptors (Lipinski definition) is 9. The summed E-state index contributed by atoms with van der Waals surface area (Å²) in [6.45, 7) is 4.35. The van der Waals surface area contributed by atoms with Crippen LogP contribution in [-0.4, -0.2) is 88.8 Å². The summed E-state index contributed by atoms with van der Waals surface area (Å²) in [7, 11) is 4.90. The smallest absolute Gasteiger partial charge is 0.398 e. The van der Waals surface area contributed by atoms with Gasteiger partial charge >= 0.3 is 6.18 Å². The molecule has 7 N–H and O–H groups in total. The second-order valence-corrected chi connectivity index (χ2v) is 11.1. The predicted molar refractivity (Wildman–Crippen MR) is 177 cm³/mol. The van der Waals surface area contributed by atoms with Gasteiger partial charge < -0.3 is 26.2 Å². The van der Waals surface area contributed by atoms with Crippen LogP contribution in [0.1, 0.15) is 24.6 Å². The molecule has 1 aromatic heterocycles. The molecule has 1 aliphatic heterocycles. The lowest BCUT2D eigenvalue weighted by Gasteiger charge is -2.20. The molecule has 3 atom stereocenters. The van der Waals surface area contributed by atoms with Crippen molar-refractivity contribution in [1.82, 2.24) is 30.3 Å². The van der Waals surface area contributed by atoms with Crippen LogP contribution in [-0.2, 0) is 16.6 Å². The van der Waals surface area contributed by atoms with Crippen molar-refractivity contribution in [3.05, 3.63) is 82.3 Å². The van der Waals surface area contributed by atoms with Crippen molar-refractivity contribution in [2.75, 3.05) is 39.7 Å². The number of likely N-dealkylation sites (N-methyl/N-ethyl adjacent to an activating group) is 1. The maximum atomic E-state index is 13.9. The van der Waals surface area contributed by atoms with Gasteiger partial charge in [0.15, 0.2) is 0 Å². The summed E-state index contributed by atoms with van der Waals surface area (Å²) in [4.78, 5) is 15.3. The van der Waals surface area contributed by atoms with E-state index in [-0.39, 0.29) is 42.0 Å². The number of aliphatic hydroxyl groups is 1. The summed E-state index contributed by atoms with van der Waals surface area (Å²) in [5, 5.41) is 21.4. The van der Waals surface area contributed by atoms with E-state index in [1.807, 2.05) is 6.92 Å².